The molecule has 2 aromatic heterocycles. The van der Waals surface area contributed by atoms with E-state index in [0.717, 1.165) is 67.8 Å². The van der Waals surface area contributed by atoms with Crippen molar-refractivity contribution in [2.24, 2.45) is 5.92 Å². The Labute approximate surface area is 163 Å². The van der Waals surface area contributed by atoms with E-state index in [4.69, 9.17) is 9.72 Å². The van der Waals surface area contributed by atoms with Crippen molar-refractivity contribution in [3.8, 4) is 0 Å². The van der Waals surface area contributed by atoms with E-state index >= 15 is 0 Å². The summed E-state index contributed by atoms with van der Waals surface area (Å²) in [6, 6.07) is 2.05. The summed E-state index contributed by atoms with van der Waals surface area (Å²) in [5.74, 6) is 0.167. The molecule has 2 aromatic rings. The first kappa shape index (κ1) is 18.4. The SMILES string of the molecule is Cc1cc(C)n(CCNC(=O)C2CCc3sc(N4CCOCC4)nc3C2)n1. The fourth-order valence-corrected chi connectivity index (χ4v) is 4.96. The van der Waals surface area contributed by atoms with Gasteiger partial charge in [0.05, 0.1) is 31.1 Å². The van der Waals surface area contributed by atoms with Crippen LogP contribution in [0.4, 0.5) is 5.13 Å². The summed E-state index contributed by atoms with van der Waals surface area (Å²) in [6.07, 6.45) is 2.61. The Morgan fingerprint density at radius 3 is 2.93 bits per heavy atom. The van der Waals surface area contributed by atoms with Gasteiger partial charge in [-0.05, 0) is 32.8 Å². The third kappa shape index (κ3) is 4.16. The van der Waals surface area contributed by atoms with Gasteiger partial charge in [0.2, 0.25) is 5.91 Å². The second-order valence-corrected chi connectivity index (χ2v) is 8.41. The van der Waals surface area contributed by atoms with Gasteiger partial charge in [-0.1, -0.05) is 0 Å². The maximum atomic E-state index is 12.6. The zero-order chi connectivity index (χ0) is 18.8. The molecule has 2 aliphatic rings. The van der Waals surface area contributed by atoms with Crippen LogP contribution < -0.4 is 10.2 Å². The smallest absolute Gasteiger partial charge is 0.223 e. The number of morpholine rings is 1. The number of aromatic nitrogens is 3. The molecule has 1 amide bonds. The van der Waals surface area contributed by atoms with Crippen LogP contribution in [0.25, 0.3) is 0 Å². The summed E-state index contributed by atoms with van der Waals surface area (Å²) < 4.78 is 7.37. The van der Waals surface area contributed by atoms with Crippen LogP contribution in [-0.4, -0.2) is 53.5 Å². The van der Waals surface area contributed by atoms with Crippen LogP contribution in [0.3, 0.4) is 0 Å². The largest absolute Gasteiger partial charge is 0.378 e. The molecule has 8 heteroatoms. The third-order valence-electron chi connectivity index (χ3n) is 5.31. The van der Waals surface area contributed by atoms with E-state index in [1.807, 2.05) is 18.5 Å². The van der Waals surface area contributed by atoms with Gasteiger partial charge in [0.15, 0.2) is 5.13 Å². The van der Waals surface area contributed by atoms with E-state index in [2.05, 4.69) is 21.4 Å². The first-order valence-electron chi connectivity index (χ1n) is 9.70. The molecule has 0 saturated carbocycles. The van der Waals surface area contributed by atoms with Crippen LogP contribution >= 0.6 is 11.3 Å². The van der Waals surface area contributed by atoms with E-state index in [-0.39, 0.29) is 11.8 Å². The summed E-state index contributed by atoms with van der Waals surface area (Å²) in [4.78, 5) is 21.1. The number of ether oxygens (including phenoxy) is 1. The fraction of sp³-hybridized carbons (Fsp3) is 0.632. The lowest BCUT2D eigenvalue weighted by Crippen LogP contribution is -2.36. The number of rotatable bonds is 5. The molecular weight excluding hydrogens is 362 g/mol. The molecule has 0 bridgehead atoms. The van der Waals surface area contributed by atoms with Gasteiger partial charge in [0, 0.05) is 42.5 Å². The lowest BCUT2D eigenvalue weighted by atomic mass is 9.90. The average Bonchev–Trinajstić information content (AvgIpc) is 3.24. The first-order valence-corrected chi connectivity index (χ1v) is 10.5. The van der Waals surface area contributed by atoms with E-state index in [1.165, 1.54) is 4.88 Å². The van der Waals surface area contributed by atoms with Crippen molar-refractivity contribution in [3.05, 3.63) is 28.0 Å². The number of aryl methyl sites for hydroxylation is 3. The molecule has 27 heavy (non-hydrogen) atoms. The summed E-state index contributed by atoms with van der Waals surface area (Å²) >= 11 is 1.79. The number of nitrogens with zero attached hydrogens (tertiary/aromatic N) is 4. The van der Waals surface area contributed by atoms with Crippen LogP contribution in [-0.2, 0) is 28.9 Å². The zero-order valence-corrected chi connectivity index (χ0v) is 16.8. The lowest BCUT2D eigenvalue weighted by molar-refractivity contribution is -0.125. The highest BCUT2D eigenvalue weighted by atomic mass is 32.1. The Balaban J connectivity index is 1.31. The second-order valence-electron chi connectivity index (χ2n) is 7.35. The monoisotopic (exact) mass is 389 g/mol. The molecule has 4 rings (SSSR count). The van der Waals surface area contributed by atoms with Crippen molar-refractivity contribution in [2.75, 3.05) is 37.7 Å². The predicted molar refractivity (Wildman–Crippen MR) is 105 cm³/mol. The molecule has 0 spiro atoms. The highest BCUT2D eigenvalue weighted by Gasteiger charge is 2.28. The summed E-state index contributed by atoms with van der Waals surface area (Å²) in [6.45, 7) is 8.70. The van der Waals surface area contributed by atoms with Crippen molar-refractivity contribution in [1.82, 2.24) is 20.1 Å². The van der Waals surface area contributed by atoms with Crippen molar-refractivity contribution < 1.29 is 9.53 Å². The Hall–Kier alpha value is -1.93. The van der Waals surface area contributed by atoms with Gasteiger partial charge < -0.3 is 15.0 Å². The maximum absolute atomic E-state index is 12.6. The van der Waals surface area contributed by atoms with Crippen LogP contribution in [0.15, 0.2) is 6.07 Å². The van der Waals surface area contributed by atoms with Crippen molar-refractivity contribution >= 4 is 22.4 Å². The molecule has 0 radical (unpaired) electrons. The lowest BCUT2D eigenvalue weighted by Gasteiger charge is -2.26. The Bertz CT molecular complexity index is 809. The van der Waals surface area contributed by atoms with Crippen LogP contribution in [0.5, 0.6) is 0 Å². The highest BCUT2D eigenvalue weighted by Crippen LogP contribution is 2.34. The topological polar surface area (TPSA) is 72.3 Å². The Kier molecular flexibility index (Phi) is 5.45. The predicted octanol–water partition coefficient (Wildman–Crippen LogP) is 1.71. The number of hydrogen-bond donors (Lipinski definition) is 1. The second kappa shape index (κ2) is 7.98. The Morgan fingerprint density at radius 1 is 1.37 bits per heavy atom. The number of nitrogens with one attached hydrogen (secondary N) is 1. The number of amides is 1. The molecule has 146 valence electrons. The van der Waals surface area contributed by atoms with Gasteiger partial charge in [0.25, 0.3) is 0 Å². The van der Waals surface area contributed by atoms with Gasteiger partial charge in [-0.25, -0.2) is 4.98 Å². The van der Waals surface area contributed by atoms with E-state index in [9.17, 15) is 4.79 Å². The van der Waals surface area contributed by atoms with Crippen molar-refractivity contribution in [2.45, 2.75) is 39.7 Å². The molecule has 0 aromatic carbocycles. The number of carbonyl (C=O) groups is 1. The number of fused-ring (bicyclic) bond motifs is 1. The minimum atomic E-state index is 0.0255. The normalized spacial score (nSPS) is 19.8. The molecule has 1 aliphatic carbocycles. The van der Waals surface area contributed by atoms with Crippen LogP contribution in [0, 0.1) is 19.8 Å². The van der Waals surface area contributed by atoms with Gasteiger partial charge in [0.1, 0.15) is 0 Å². The molecule has 1 fully saturated rings. The first-order chi connectivity index (χ1) is 13.1. The van der Waals surface area contributed by atoms with Gasteiger partial charge in [-0.3, -0.25) is 9.48 Å². The standard InChI is InChI=1S/C19H27N5O2S/c1-13-11-14(2)24(22-13)6-5-20-18(25)15-3-4-17-16(12-15)21-19(27-17)23-7-9-26-10-8-23/h11,15H,3-10,12H2,1-2H3,(H,20,25). The highest BCUT2D eigenvalue weighted by molar-refractivity contribution is 7.15. The number of thiazole rings is 1. The van der Waals surface area contributed by atoms with Crippen LogP contribution in [0.2, 0.25) is 0 Å². The van der Waals surface area contributed by atoms with E-state index < -0.39 is 0 Å². The van der Waals surface area contributed by atoms with Gasteiger partial charge in [-0.15, -0.1) is 11.3 Å². The summed E-state index contributed by atoms with van der Waals surface area (Å²) in [5, 5.41) is 8.62. The molecule has 1 N–H and O–H groups in total. The van der Waals surface area contributed by atoms with Gasteiger partial charge >= 0.3 is 0 Å². The molecule has 1 aliphatic heterocycles. The van der Waals surface area contributed by atoms with E-state index in [1.54, 1.807) is 11.3 Å². The minimum absolute atomic E-state index is 0.0255. The van der Waals surface area contributed by atoms with Gasteiger partial charge in [-0.2, -0.15) is 5.10 Å². The molecule has 1 atom stereocenters. The van der Waals surface area contributed by atoms with Crippen molar-refractivity contribution in [3.63, 3.8) is 0 Å². The van der Waals surface area contributed by atoms with Crippen LogP contribution in [0.1, 0.15) is 28.4 Å². The summed E-state index contributed by atoms with van der Waals surface area (Å²) in [7, 11) is 0. The number of hydrogen-bond acceptors (Lipinski definition) is 6. The Morgan fingerprint density at radius 2 is 2.19 bits per heavy atom. The van der Waals surface area contributed by atoms with Crippen molar-refractivity contribution in [1.29, 1.82) is 0 Å². The molecular formula is C19H27N5O2S. The molecule has 3 heterocycles. The molecule has 1 unspecified atom stereocenters. The van der Waals surface area contributed by atoms with E-state index in [0.29, 0.717) is 13.1 Å². The average molecular weight is 390 g/mol. The maximum Gasteiger partial charge on any atom is 0.223 e. The fourth-order valence-electron chi connectivity index (χ4n) is 3.81. The minimum Gasteiger partial charge on any atom is -0.378 e. The molecule has 1 saturated heterocycles. The number of anilines is 1. The summed E-state index contributed by atoms with van der Waals surface area (Å²) in [5.41, 5.74) is 3.26. The number of carbonyl (C=O) groups excluding carboxylic acids is 1. The molecule has 7 nitrogen and oxygen atoms in total. The third-order valence-corrected chi connectivity index (χ3v) is 6.52. The quantitative estimate of drug-likeness (QED) is 0.843. The zero-order valence-electron chi connectivity index (χ0n) is 16.0.